The first kappa shape index (κ1) is 23.0. The standard InChI is InChI=1S/2C6H3F3N4OS/c7-6(8,9)4-11-2-1(3(14)13-4)15-5(10)12-2;7-6(8,9)5-12-3(11)2(15-1-10)4(14)13-5/h(H3,10,11,12,13,14);(H3,11,12,13,14). The number of nitriles is 1. The number of rotatable bonds is 1. The largest absolute Gasteiger partial charge is 0.449 e. The minimum Gasteiger partial charge on any atom is -0.382 e. The van der Waals surface area contributed by atoms with Crippen molar-refractivity contribution in [2.45, 2.75) is 17.2 Å². The first-order chi connectivity index (χ1) is 13.7. The van der Waals surface area contributed by atoms with Gasteiger partial charge in [0.25, 0.3) is 11.1 Å². The summed E-state index contributed by atoms with van der Waals surface area (Å²) in [7, 11) is 0. The van der Waals surface area contributed by atoms with Gasteiger partial charge in [-0.3, -0.25) is 9.59 Å². The second kappa shape index (κ2) is 8.19. The van der Waals surface area contributed by atoms with Crippen molar-refractivity contribution in [3.8, 4) is 5.40 Å². The molecule has 0 aliphatic carbocycles. The number of aromatic nitrogens is 5. The Bertz CT molecular complexity index is 1240. The number of nitrogens with two attached hydrogens (primary N) is 2. The van der Waals surface area contributed by atoms with Crippen LogP contribution in [0.2, 0.25) is 0 Å². The lowest BCUT2D eigenvalue weighted by atomic mass is 10.5. The first-order valence-electron chi connectivity index (χ1n) is 7.00. The van der Waals surface area contributed by atoms with Crippen molar-refractivity contribution in [1.82, 2.24) is 24.9 Å². The number of halogens is 6. The van der Waals surface area contributed by atoms with Gasteiger partial charge in [-0.05, 0) is 11.8 Å². The summed E-state index contributed by atoms with van der Waals surface area (Å²) in [4.78, 5) is 34.6. The topological polar surface area (TPSA) is 180 Å². The number of hydrogen-bond acceptors (Lipinski definition) is 10. The Labute approximate surface area is 168 Å². The molecule has 0 bridgehead atoms. The number of thiocyanates is 1. The zero-order valence-corrected chi connectivity index (χ0v) is 15.5. The minimum absolute atomic E-state index is 0.00215. The van der Waals surface area contributed by atoms with Gasteiger partial charge in [-0.1, -0.05) is 11.3 Å². The fraction of sp³-hybridized carbons (Fsp3) is 0.167. The summed E-state index contributed by atoms with van der Waals surface area (Å²) in [5.74, 6) is -3.46. The van der Waals surface area contributed by atoms with Crippen LogP contribution in [-0.2, 0) is 12.4 Å². The van der Waals surface area contributed by atoms with E-state index in [9.17, 15) is 35.9 Å². The Balaban J connectivity index is 0.000000214. The molecule has 0 aliphatic rings. The minimum atomic E-state index is -4.77. The van der Waals surface area contributed by atoms with Crippen molar-refractivity contribution in [2.75, 3.05) is 11.5 Å². The third-order valence-electron chi connectivity index (χ3n) is 2.87. The van der Waals surface area contributed by atoms with Gasteiger partial charge in [-0.2, -0.15) is 31.6 Å². The number of nitrogens with zero attached hydrogens (tertiary/aromatic N) is 4. The molecule has 0 aromatic carbocycles. The first-order valence-corrected chi connectivity index (χ1v) is 8.63. The Morgan fingerprint density at radius 1 is 0.933 bits per heavy atom. The third kappa shape index (κ3) is 5.18. The van der Waals surface area contributed by atoms with E-state index >= 15 is 0 Å². The molecule has 3 heterocycles. The summed E-state index contributed by atoms with van der Waals surface area (Å²) in [6, 6.07) is 0. The molecular formula is C12H6F6N8O2S2. The monoisotopic (exact) mass is 472 g/mol. The third-order valence-corrected chi connectivity index (χ3v) is 4.43. The molecule has 10 nitrogen and oxygen atoms in total. The van der Waals surface area contributed by atoms with Gasteiger partial charge in [0.15, 0.2) is 10.8 Å². The fourth-order valence-electron chi connectivity index (χ4n) is 1.74. The van der Waals surface area contributed by atoms with Crippen molar-refractivity contribution in [2.24, 2.45) is 0 Å². The number of nitrogens with one attached hydrogen (secondary N) is 2. The van der Waals surface area contributed by atoms with E-state index in [-0.39, 0.29) is 20.4 Å². The maximum atomic E-state index is 12.2. The number of fused-ring (bicyclic) bond motifs is 1. The predicted octanol–water partition coefficient (Wildman–Crippen LogP) is 1.92. The van der Waals surface area contributed by atoms with Gasteiger partial charge in [-0.25, -0.2) is 15.0 Å². The van der Waals surface area contributed by atoms with Gasteiger partial charge in [0, 0.05) is 0 Å². The molecule has 0 amide bonds. The van der Waals surface area contributed by atoms with Gasteiger partial charge in [-0.15, -0.1) is 0 Å². The van der Waals surface area contributed by atoms with E-state index in [0.29, 0.717) is 11.8 Å². The van der Waals surface area contributed by atoms with Crippen LogP contribution in [0.25, 0.3) is 10.3 Å². The van der Waals surface area contributed by atoms with Crippen LogP contribution >= 0.6 is 23.1 Å². The highest BCUT2D eigenvalue weighted by atomic mass is 32.2. The maximum absolute atomic E-state index is 12.2. The molecule has 0 saturated carbocycles. The number of H-pyrrole nitrogens is 2. The molecule has 30 heavy (non-hydrogen) atoms. The highest BCUT2D eigenvalue weighted by Crippen LogP contribution is 2.28. The van der Waals surface area contributed by atoms with Crippen LogP contribution in [0, 0.1) is 10.7 Å². The molecule has 6 N–H and O–H groups in total. The van der Waals surface area contributed by atoms with E-state index in [0.717, 1.165) is 11.3 Å². The number of hydrogen-bond donors (Lipinski definition) is 4. The lowest BCUT2D eigenvalue weighted by molar-refractivity contribution is -0.145. The van der Waals surface area contributed by atoms with Gasteiger partial charge in [0.2, 0.25) is 11.6 Å². The van der Waals surface area contributed by atoms with Crippen LogP contribution in [0.5, 0.6) is 0 Å². The predicted molar refractivity (Wildman–Crippen MR) is 93.2 cm³/mol. The van der Waals surface area contributed by atoms with E-state index in [1.165, 1.54) is 10.4 Å². The van der Waals surface area contributed by atoms with E-state index in [1.54, 1.807) is 4.98 Å². The summed E-state index contributed by atoms with van der Waals surface area (Å²) in [5.41, 5.74) is 8.10. The Hall–Kier alpha value is -3.33. The van der Waals surface area contributed by atoms with Gasteiger partial charge in [0.1, 0.15) is 20.8 Å². The van der Waals surface area contributed by atoms with E-state index in [1.807, 2.05) is 0 Å². The van der Waals surface area contributed by atoms with Crippen molar-refractivity contribution >= 4 is 44.4 Å². The molecule has 18 heteroatoms. The molecule has 0 spiro atoms. The SMILES string of the molecule is N#CSc1c(N)nc(C(F)(F)F)[nH]c1=O.Nc1nc2nc(C(F)(F)F)[nH]c(=O)c2s1. The molecule has 0 saturated heterocycles. The number of thiazole rings is 1. The van der Waals surface area contributed by atoms with Crippen molar-refractivity contribution in [3.63, 3.8) is 0 Å². The molecule has 160 valence electrons. The zero-order chi connectivity index (χ0) is 22.9. The average molecular weight is 472 g/mol. The van der Waals surface area contributed by atoms with Crippen LogP contribution in [0.1, 0.15) is 11.6 Å². The molecule has 0 aliphatic heterocycles. The quantitative estimate of drug-likeness (QED) is 0.234. The number of thioether (sulfide) groups is 1. The van der Waals surface area contributed by atoms with E-state index in [4.69, 9.17) is 16.7 Å². The Kier molecular flexibility index (Phi) is 6.27. The van der Waals surface area contributed by atoms with Crippen LogP contribution in [-0.4, -0.2) is 24.9 Å². The maximum Gasteiger partial charge on any atom is 0.449 e. The summed E-state index contributed by atoms with van der Waals surface area (Å²) in [6.45, 7) is 0. The summed E-state index contributed by atoms with van der Waals surface area (Å²) in [5, 5.41) is 9.77. The van der Waals surface area contributed by atoms with Crippen molar-refractivity contribution < 1.29 is 26.3 Å². The zero-order valence-electron chi connectivity index (χ0n) is 13.8. The molecule has 0 unspecified atom stereocenters. The van der Waals surface area contributed by atoms with Crippen molar-refractivity contribution in [1.29, 1.82) is 5.26 Å². The van der Waals surface area contributed by atoms with E-state index < -0.39 is 40.9 Å². The van der Waals surface area contributed by atoms with Gasteiger partial charge >= 0.3 is 12.4 Å². The molecule has 0 radical (unpaired) electrons. The molecule has 0 atom stereocenters. The Morgan fingerprint density at radius 3 is 1.97 bits per heavy atom. The number of nitrogen functional groups attached to an aromatic ring is 2. The number of aromatic amines is 2. The molecule has 3 aromatic heterocycles. The normalized spacial score (nSPS) is 11.6. The molecular weight excluding hydrogens is 466 g/mol. The van der Waals surface area contributed by atoms with Crippen LogP contribution in [0.4, 0.5) is 37.3 Å². The second-order valence-corrected chi connectivity index (χ2v) is 6.76. The fourth-order valence-corrected chi connectivity index (χ4v) is 2.80. The smallest absolute Gasteiger partial charge is 0.382 e. The van der Waals surface area contributed by atoms with E-state index in [2.05, 4.69) is 15.0 Å². The molecule has 3 rings (SSSR count). The summed E-state index contributed by atoms with van der Waals surface area (Å²) < 4.78 is 72.9. The van der Waals surface area contributed by atoms with Gasteiger partial charge < -0.3 is 21.4 Å². The number of alkyl halides is 6. The summed E-state index contributed by atoms with van der Waals surface area (Å²) in [6.07, 6.45) is -9.48. The Morgan fingerprint density at radius 2 is 1.47 bits per heavy atom. The number of anilines is 2. The van der Waals surface area contributed by atoms with Crippen LogP contribution < -0.4 is 22.6 Å². The average Bonchev–Trinajstić information content (AvgIpc) is 2.98. The highest BCUT2D eigenvalue weighted by molar-refractivity contribution is 8.03. The van der Waals surface area contributed by atoms with Crippen LogP contribution in [0.15, 0.2) is 14.5 Å². The summed E-state index contributed by atoms with van der Waals surface area (Å²) >= 11 is 1.15. The molecule has 3 aromatic rings. The highest BCUT2D eigenvalue weighted by Gasteiger charge is 2.35. The second-order valence-electron chi connectivity index (χ2n) is 4.94. The van der Waals surface area contributed by atoms with Crippen molar-refractivity contribution in [3.05, 3.63) is 32.4 Å². The van der Waals surface area contributed by atoms with Crippen LogP contribution in [0.3, 0.4) is 0 Å². The van der Waals surface area contributed by atoms with Gasteiger partial charge in [0.05, 0.1) is 0 Å². The molecule has 0 fully saturated rings. The lowest BCUT2D eigenvalue weighted by Gasteiger charge is -2.06. The lowest BCUT2D eigenvalue weighted by Crippen LogP contribution is -2.21.